The van der Waals surface area contributed by atoms with E-state index in [0.29, 0.717) is 5.92 Å². The average Bonchev–Trinajstić information content (AvgIpc) is 2.45. The second-order valence-electron chi connectivity index (χ2n) is 5.35. The number of halogens is 1. The molecule has 3 rings (SSSR count). The minimum Gasteiger partial charge on any atom is -0.324 e. The van der Waals surface area contributed by atoms with Gasteiger partial charge in [0.2, 0.25) is 0 Å². The molecule has 0 heterocycles. The number of hydrogen-bond donors (Lipinski definition) is 1. The molecule has 0 spiro atoms. The lowest BCUT2D eigenvalue weighted by Crippen LogP contribution is -2.28. The van der Waals surface area contributed by atoms with Gasteiger partial charge in [-0.25, -0.2) is 0 Å². The van der Waals surface area contributed by atoms with Gasteiger partial charge in [-0.05, 0) is 54.0 Å². The van der Waals surface area contributed by atoms with E-state index in [1.54, 1.807) is 0 Å². The first-order valence-electron chi connectivity index (χ1n) is 6.82. The largest absolute Gasteiger partial charge is 0.324 e. The molecule has 1 aliphatic rings. The normalized spacial score (nSPS) is 22.0. The van der Waals surface area contributed by atoms with Crippen LogP contribution in [0.25, 0.3) is 0 Å². The highest BCUT2D eigenvalue weighted by Gasteiger charge is 2.26. The number of hydrogen-bond acceptors (Lipinski definition) is 1. The summed E-state index contributed by atoms with van der Waals surface area (Å²) in [5.41, 5.74) is 10.6. The van der Waals surface area contributed by atoms with E-state index >= 15 is 0 Å². The molecule has 2 N–H and O–H groups in total. The Balaban J connectivity index is 1.79. The Morgan fingerprint density at radius 1 is 1.05 bits per heavy atom. The minimum absolute atomic E-state index is 0.175. The van der Waals surface area contributed by atoms with Crippen molar-refractivity contribution in [3.63, 3.8) is 0 Å². The molecule has 98 valence electrons. The molecule has 0 amide bonds. The summed E-state index contributed by atoms with van der Waals surface area (Å²) in [4.78, 5) is 0. The maximum absolute atomic E-state index is 6.46. The lowest BCUT2D eigenvalue weighted by molar-refractivity contribution is 0.376. The van der Waals surface area contributed by atoms with Crippen LogP contribution in [-0.4, -0.2) is 0 Å². The summed E-state index contributed by atoms with van der Waals surface area (Å²) in [6.45, 7) is 0. The molecule has 0 fully saturated rings. The summed E-state index contributed by atoms with van der Waals surface area (Å²) in [5.74, 6) is 0.552. The summed E-state index contributed by atoms with van der Waals surface area (Å²) < 4.78 is 1.13. The molecule has 0 saturated carbocycles. The highest BCUT2D eigenvalue weighted by atomic mass is 79.9. The zero-order chi connectivity index (χ0) is 13.2. The van der Waals surface area contributed by atoms with Gasteiger partial charge in [0, 0.05) is 10.5 Å². The van der Waals surface area contributed by atoms with Gasteiger partial charge in [0.25, 0.3) is 0 Å². The molecule has 2 unspecified atom stereocenters. The molecule has 1 nitrogen and oxygen atoms in total. The molecule has 2 heteroatoms. The Bertz CT molecular complexity index is 562. The molecule has 0 saturated heterocycles. The van der Waals surface area contributed by atoms with Gasteiger partial charge in [-0.3, -0.25) is 0 Å². The predicted octanol–water partition coefficient (Wildman–Crippen LogP) is 4.25. The van der Waals surface area contributed by atoms with Crippen molar-refractivity contribution in [3.8, 4) is 0 Å². The highest BCUT2D eigenvalue weighted by Crippen LogP contribution is 2.34. The molecule has 0 bridgehead atoms. The van der Waals surface area contributed by atoms with Crippen LogP contribution in [0.1, 0.15) is 29.2 Å². The Morgan fingerprint density at radius 2 is 1.79 bits per heavy atom. The third-order valence-electron chi connectivity index (χ3n) is 4.12. The lowest BCUT2D eigenvalue weighted by atomic mass is 9.77. The van der Waals surface area contributed by atoms with E-state index in [9.17, 15) is 0 Å². The van der Waals surface area contributed by atoms with Crippen LogP contribution in [0.4, 0.5) is 0 Å². The predicted molar refractivity (Wildman–Crippen MR) is 83.0 cm³/mol. The minimum atomic E-state index is 0.175. The van der Waals surface area contributed by atoms with E-state index in [-0.39, 0.29) is 6.04 Å². The van der Waals surface area contributed by atoms with Crippen molar-refractivity contribution in [2.45, 2.75) is 25.3 Å². The molecule has 19 heavy (non-hydrogen) atoms. The van der Waals surface area contributed by atoms with Crippen LogP contribution in [0.15, 0.2) is 53.0 Å². The van der Waals surface area contributed by atoms with E-state index < -0.39 is 0 Å². The zero-order valence-electron chi connectivity index (χ0n) is 10.9. The van der Waals surface area contributed by atoms with Crippen LogP contribution < -0.4 is 5.73 Å². The average molecular weight is 316 g/mol. The molecular weight excluding hydrogens is 298 g/mol. The van der Waals surface area contributed by atoms with Crippen molar-refractivity contribution in [2.24, 2.45) is 11.7 Å². The van der Waals surface area contributed by atoms with Gasteiger partial charge in [-0.2, -0.15) is 0 Å². The standard InChI is InChI=1S/C17H18BrN/c18-15-9-5-12(6-10-15)11-14-8-7-13-3-1-2-4-16(13)17(14)19/h1-6,9-10,14,17H,7-8,11,19H2. The van der Waals surface area contributed by atoms with Gasteiger partial charge in [0.1, 0.15) is 0 Å². The fourth-order valence-electron chi connectivity index (χ4n) is 3.01. The molecule has 2 atom stereocenters. The summed E-state index contributed by atoms with van der Waals surface area (Å²) in [5, 5.41) is 0. The van der Waals surface area contributed by atoms with Crippen LogP contribution in [0.3, 0.4) is 0 Å². The molecule has 0 aromatic heterocycles. The first-order chi connectivity index (χ1) is 9.24. The molecule has 0 radical (unpaired) electrons. The zero-order valence-corrected chi connectivity index (χ0v) is 12.4. The van der Waals surface area contributed by atoms with E-state index in [4.69, 9.17) is 5.73 Å². The number of fused-ring (bicyclic) bond motifs is 1. The van der Waals surface area contributed by atoms with E-state index in [1.165, 1.54) is 23.1 Å². The van der Waals surface area contributed by atoms with Gasteiger partial charge in [-0.15, -0.1) is 0 Å². The first-order valence-corrected chi connectivity index (χ1v) is 7.61. The Labute approximate surface area is 123 Å². The molecular formula is C17H18BrN. The second-order valence-corrected chi connectivity index (χ2v) is 6.27. The summed E-state index contributed by atoms with van der Waals surface area (Å²) in [6.07, 6.45) is 3.42. The van der Waals surface area contributed by atoms with Gasteiger partial charge in [-0.1, -0.05) is 52.3 Å². The quantitative estimate of drug-likeness (QED) is 0.880. The lowest BCUT2D eigenvalue weighted by Gasteiger charge is -2.31. The van der Waals surface area contributed by atoms with Gasteiger partial charge in [0.15, 0.2) is 0 Å². The third kappa shape index (κ3) is 2.75. The van der Waals surface area contributed by atoms with Gasteiger partial charge in [0.05, 0.1) is 0 Å². The Kier molecular flexibility index (Phi) is 3.72. The maximum atomic E-state index is 6.46. The van der Waals surface area contributed by atoms with E-state index in [0.717, 1.165) is 17.3 Å². The fourth-order valence-corrected chi connectivity index (χ4v) is 3.28. The number of aryl methyl sites for hydroxylation is 1. The van der Waals surface area contributed by atoms with Crippen LogP contribution in [0.2, 0.25) is 0 Å². The number of nitrogens with two attached hydrogens (primary N) is 1. The smallest absolute Gasteiger partial charge is 0.0329 e. The topological polar surface area (TPSA) is 26.0 Å². The third-order valence-corrected chi connectivity index (χ3v) is 4.65. The van der Waals surface area contributed by atoms with Crippen molar-refractivity contribution in [1.82, 2.24) is 0 Å². The Hall–Kier alpha value is -1.12. The molecule has 1 aliphatic carbocycles. The van der Waals surface area contributed by atoms with Crippen LogP contribution in [0, 0.1) is 5.92 Å². The van der Waals surface area contributed by atoms with E-state index in [1.807, 2.05) is 0 Å². The van der Waals surface area contributed by atoms with Crippen molar-refractivity contribution in [2.75, 3.05) is 0 Å². The monoisotopic (exact) mass is 315 g/mol. The summed E-state index contributed by atoms with van der Waals surface area (Å²) in [7, 11) is 0. The maximum Gasteiger partial charge on any atom is 0.0329 e. The highest BCUT2D eigenvalue weighted by molar-refractivity contribution is 9.10. The van der Waals surface area contributed by atoms with Gasteiger partial charge < -0.3 is 5.73 Å². The SMILES string of the molecule is NC1c2ccccc2CCC1Cc1ccc(Br)cc1. The van der Waals surface area contributed by atoms with Crippen LogP contribution in [0.5, 0.6) is 0 Å². The van der Waals surface area contributed by atoms with Crippen molar-refractivity contribution < 1.29 is 0 Å². The van der Waals surface area contributed by atoms with Crippen LogP contribution >= 0.6 is 15.9 Å². The van der Waals surface area contributed by atoms with Crippen molar-refractivity contribution in [1.29, 1.82) is 0 Å². The van der Waals surface area contributed by atoms with E-state index in [2.05, 4.69) is 64.5 Å². The Morgan fingerprint density at radius 3 is 2.58 bits per heavy atom. The molecule has 2 aromatic rings. The number of benzene rings is 2. The number of rotatable bonds is 2. The fraction of sp³-hybridized carbons (Fsp3) is 0.294. The van der Waals surface area contributed by atoms with Crippen molar-refractivity contribution in [3.05, 3.63) is 69.7 Å². The summed E-state index contributed by atoms with van der Waals surface area (Å²) >= 11 is 3.48. The first kappa shape index (κ1) is 12.9. The summed E-state index contributed by atoms with van der Waals surface area (Å²) in [6, 6.07) is 17.4. The van der Waals surface area contributed by atoms with Crippen molar-refractivity contribution >= 4 is 15.9 Å². The van der Waals surface area contributed by atoms with Gasteiger partial charge >= 0.3 is 0 Å². The molecule has 2 aromatic carbocycles. The molecule has 0 aliphatic heterocycles. The second kappa shape index (κ2) is 5.48. The van der Waals surface area contributed by atoms with Crippen LogP contribution in [-0.2, 0) is 12.8 Å².